The predicted molar refractivity (Wildman–Crippen MR) is 296 cm³/mol. The van der Waals surface area contributed by atoms with Crippen molar-refractivity contribution in [3.63, 3.8) is 0 Å². The lowest BCUT2D eigenvalue weighted by molar-refractivity contribution is -0.143. The molecule has 9 rings (SSSR count). The standard InChI is InChI=1S/C59H63N9O8S2/c1-33(2)49(68-28-42-22-38(25-60)12-21-46(42)56(68)73)57(74)67-30-45(24-48(67)55(72)62-27-37-10-15-40(16-11-37)51-35(4)64-32-78-51)76-44-19-17-41(18-20-44)53(70)65-52(59(5,6)7)58(75)66-29-43(69)23-47(66)54(71)61-26-36-8-13-39(14-9-36)50-34(3)63-31-77-50/h8-22,31-33,43,45,47-49,52,69H,23-24,26-30H2,1-7H3,(H,61,71)(H,62,72)(H,65,70)/t43-,45-,47+,48+,49+,52-/m1/s1. The largest absolute Gasteiger partial charge is 0.488 e. The van der Waals surface area contributed by atoms with E-state index in [9.17, 15) is 39.1 Å². The first-order valence-electron chi connectivity index (χ1n) is 26.0. The Bertz CT molecular complexity index is 3270. The van der Waals surface area contributed by atoms with E-state index in [1.807, 2.05) is 97.0 Å². The zero-order valence-corrected chi connectivity index (χ0v) is 46.2. The molecule has 19 heteroatoms. The Balaban J connectivity index is 0.865. The number of hydrogen-bond donors (Lipinski definition) is 4. The van der Waals surface area contributed by atoms with Gasteiger partial charge >= 0.3 is 0 Å². The van der Waals surface area contributed by atoms with Crippen molar-refractivity contribution in [3.8, 4) is 32.7 Å². The molecule has 6 amide bonds. The van der Waals surface area contributed by atoms with Gasteiger partial charge in [-0.2, -0.15) is 5.26 Å². The number of nitriles is 1. The molecule has 2 saturated heterocycles. The number of aliphatic hydroxyl groups is 1. The third-order valence-corrected chi connectivity index (χ3v) is 16.6. The maximum atomic E-state index is 14.9. The Hall–Kier alpha value is -7.79. The highest BCUT2D eigenvalue weighted by molar-refractivity contribution is 7.13. The quantitative estimate of drug-likeness (QED) is 0.0759. The highest BCUT2D eigenvalue weighted by atomic mass is 32.1. The average molecular weight is 1090 g/mol. The molecule has 6 atom stereocenters. The number of nitrogens with one attached hydrogen (secondary N) is 3. The number of benzene rings is 4. The van der Waals surface area contributed by atoms with Gasteiger partial charge in [0.25, 0.3) is 11.8 Å². The number of likely N-dealkylation sites (tertiary alicyclic amines) is 2. The second-order valence-corrected chi connectivity index (χ2v) is 23.4. The van der Waals surface area contributed by atoms with Crippen molar-refractivity contribution in [1.82, 2.24) is 40.6 Å². The molecule has 4 aromatic carbocycles. The molecule has 17 nitrogen and oxygen atoms in total. The summed E-state index contributed by atoms with van der Waals surface area (Å²) in [5.41, 5.74) is 10.2. The van der Waals surface area contributed by atoms with Crippen LogP contribution in [0.3, 0.4) is 0 Å². The van der Waals surface area contributed by atoms with Crippen LogP contribution in [0.25, 0.3) is 20.9 Å². The van der Waals surface area contributed by atoms with Gasteiger partial charge in [-0.15, -0.1) is 22.7 Å². The van der Waals surface area contributed by atoms with Crippen LogP contribution in [-0.2, 0) is 38.8 Å². The van der Waals surface area contributed by atoms with E-state index in [-0.39, 0.29) is 68.9 Å². The monoisotopic (exact) mass is 1090 g/mol. The summed E-state index contributed by atoms with van der Waals surface area (Å²) in [7, 11) is 0. The van der Waals surface area contributed by atoms with Crippen LogP contribution in [0.5, 0.6) is 5.75 Å². The van der Waals surface area contributed by atoms with Gasteiger partial charge in [0.15, 0.2) is 0 Å². The van der Waals surface area contributed by atoms with Crippen LogP contribution in [0.15, 0.2) is 102 Å². The van der Waals surface area contributed by atoms with Crippen LogP contribution < -0.4 is 20.7 Å². The number of carbonyl (C=O) groups is 6. The number of β-amino-alcohol motifs (C(OH)–C–C–N with tert-alkyl or cyclic N) is 1. The summed E-state index contributed by atoms with van der Waals surface area (Å²) in [6.45, 7) is 13.6. The van der Waals surface area contributed by atoms with E-state index >= 15 is 0 Å². The summed E-state index contributed by atoms with van der Waals surface area (Å²) in [5, 5.41) is 29.2. The van der Waals surface area contributed by atoms with Crippen molar-refractivity contribution >= 4 is 58.1 Å². The summed E-state index contributed by atoms with van der Waals surface area (Å²) in [6, 6.07) is 25.1. The number of aromatic nitrogens is 2. The summed E-state index contributed by atoms with van der Waals surface area (Å²) in [4.78, 5) is 100. The molecule has 78 heavy (non-hydrogen) atoms. The first-order chi connectivity index (χ1) is 37.3. The molecule has 5 heterocycles. The zero-order valence-electron chi connectivity index (χ0n) is 44.6. The van der Waals surface area contributed by atoms with Crippen molar-refractivity contribution in [2.45, 2.75) is 117 Å². The van der Waals surface area contributed by atoms with Crippen LogP contribution in [-0.4, -0.2) is 115 Å². The minimum absolute atomic E-state index is 0.0271. The van der Waals surface area contributed by atoms with Crippen molar-refractivity contribution in [1.29, 1.82) is 5.26 Å². The van der Waals surface area contributed by atoms with Crippen molar-refractivity contribution in [3.05, 3.63) is 147 Å². The van der Waals surface area contributed by atoms with Crippen molar-refractivity contribution < 1.29 is 38.6 Å². The first kappa shape index (κ1) is 55.0. The number of fused-ring (bicyclic) bond motifs is 1. The van der Waals surface area contributed by atoms with E-state index in [2.05, 4.69) is 32.0 Å². The van der Waals surface area contributed by atoms with Gasteiger partial charge in [0.1, 0.15) is 36.0 Å². The van der Waals surface area contributed by atoms with E-state index in [4.69, 9.17) is 4.74 Å². The number of aliphatic hydroxyl groups excluding tert-OH is 1. The number of aryl methyl sites for hydroxylation is 2. The Morgan fingerprint density at radius 1 is 0.769 bits per heavy atom. The molecule has 0 spiro atoms. The fourth-order valence-electron chi connectivity index (χ4n) is 10.5. The van der Waals surface area contributed by atoms with E-state index in [1.54, 1.807) is 76.2 Å². The summed E-state index contributed by atoms with van der Waals surface area (Å²) >= 11 is 3.11. The molecular weight excluding hydrogens is 1030 g/mol. The molecule has 3 aliphatic heterocycles. The third-order valence-electron chi connectivity index (χ3n) is 14.7. The van der Waals surface area contributed by atoms with Crippen LogP contribution in [0, 0.1) is 36.5 Å². The number of ether oxygens (including phenoxy) is 1. The maximum absolute atomic E-state index is 14.9. The number of nitrogens with zero attached hydrogens (tertiary/aromatic N) is 6. The lowest BCUT2D eigenvalue weighted by atomic mass is 9.85. The molecule has 0 radical (unpaired) electrons. The summed E-state index contributed by atoms with van der Waals surface area (Å²) in [6.07, 6.45) is -1.41. The molecule has 404 valence electrons. The van der Waals surface area contributed by atoms with Gasteiger partial charge in [-0.1, -0.05) is 83.1 Å². The number of hydrogen-bond acceptors (Lipinski definition) is 13. The molecule has 4 N–H and O–H groups in total. The molecule has 6 aromatic rings. The van der Waals surface area contributed by atoms with Gasteiger partial charge in [-0.05, 0) is 95.5 Å². The minimum atomic E-state index is -1.07. The molecule has 0 unspecified atom stereocenters. The molecule has 0 aliphatic carbocycles. The number of carbonyl (C=O) groups excluding carboxylic acids is 6. The van der Waals surface area contributed by atoms with E-state index in [1.165, 1.54) is 14.7 Å². The van der Waals surface area contributed by atoms with Gasteiger partial charge in [0.2, 0.25) is 23.6 Å². The smallest absolute Gasteiger partial charge is 0.255 e. The second-order valence-electron chi connectivity index (χ2n) is 21.6. The summed E-state index contributed by atoms with van der Waals surface area (Å²) in [5.74, 6) is -2.54. The molecule has 3 aliphatic rings. The predicted octanol–water partition coefficient (Wildman–Crippen LogP) is 7.19. The van der Waals surface area contributed by atoms with Crippen molar-refractivity contribution in [2.24, 2.45) is 11.3 Å². The van der Waals surface area contributed by atoms with Crippen molar-refractivity contribution in [2.75, 3.05) is 13.1 Å². The number of thiazole rings is 2. The molecular formula is C59H63N9O8S2. The van der Waals surface area contributed by atoms with E-state index < -0.39 is 65.4 Å². The van der Waals surface area contributed by atoms with Crippen LogP contribution in [0.2, 0.25) is 0 Å². The molecule has 2 aromatic heterocycles. The number of amides is 6. The third kappa shape index (κ3) is 11.9. The lowest BCUT2D eigenvalue weighted by Crippen LogP contribution is -2.57. The average Bonchev–Trinajstić information content (AvgIpc) is 4.32. The highest BCUT2D eigenvalue weighted by Crippen LogP contribution is 2.34. The highest BCUT2D eigenvalue weighted by Gasteiger charge is 2.48. The van der Waals surface area contributed by atoms with Crippen LogP contribution in [0.4, 0.5) is 0 Å². The Morgan fingerprint density at radius 3 is 1.83 bits per heavy atom. The topological polar surface area (TPSA) is 227 Å². The normalized spacial score (nSPS) is 18.8. The van der Waals surface area contributed by atoms with Gasteiger partial charge in [0.05, 0.1) is 56.4 Å². The van der Waals surface area contributed by atoms with Gasteiger partial charge in [-0.25, -0.2) is 9.97 Å². The van der Waals surface area contributed by atoms with Gasteiger partial charge in [-0.3, -0.25) is 28.8 Å². The molecule has 0 saturated carbocycles. The fourth-order valence-corrected chi connectivity index (χ4v) is 12.1. The first-order valence-corrected chi connectivity index (χ1v) is 27.8. The summed E-state index contributed by atoms with van der Waals surface area (Å²) < 4.78 is 6.47. The second kappa shape index (κ2) is 23.0. The number of rotatable bonds is 16. The van der Waals surface area contributed by atoms with E-state index in [0.717, 1.165) is 43.4 Å². The Kier molecular flexibility index (Phi) is 16.2. The minimum Gasteiger partial charge on any atom is -0.488 e. The molecule has 2 fully saturated rings. The SMILES string of the molecule is Cc1ncsc1-c1ccc(CNC(=O)[C@@H]2C[C@@H](Oc3ccc(C(=O)N[C@H](C(=O)N4C[C@H](O)C[C@H]4C(=O)NCc4ccc(-c5scnc5C)cc4)C(C)(C)C)cc3)CN2C(=O)[C@H](C(C)C)N2Cc3cc(C#N)ccc3C2=O)cc1. The lowest BCUT2D eigenvalue weighted by Gasteiger charge is -2.35. The molecule has 0 bridgehead atoms. The van der Waals surface area contributed by atoms with Gasteiger partial charge < -0.3 is 40.5 Å². The van der Waals surface area contributed by atoms with E-state index in [0.29, 0.717) is 22.4 Å². The van der Waals surface area contributed by atoms with Gasteiger partial charge in [0, 0.05) is 50.1 Å². The Morgan fingerprint density at radius 2 is 1.32 bits per heavy atom. The fraction of sp³-hybridized carbons (Fsp3) is 0.373. The zero-order chi connectivity index (χ0) is 55.6. The van der Waals surface area contributed by atoms with Crippen LogP contribution >= 0.6 is 22.7 Å². The maximum Gasteiger partial charge on any atom is 0.255 e. The van der Waals surface area contributed by atoms with Crippen LogP contribution in [0.1, 0.15) is 102 Å². The Labute approximate surface area is 461 Å².